The fraction of sp³-hybridized carbons (Fsp3) is 0.833. The minimum Gasteiger partial charge on any atom is -0.480 e. The maximum atomic E-state index is 11.5. The third kappa shape index (κ3) is 4.27. The average Bonchev–Trinajstić information content (AvgIpc) is 2.75. The van der Waals surface area contributed by atoms with Crippen LogP contribution < -0.4 is 5.32 Å². The highest BCUT2D eigenvalue weighted by Crippen LogP contribution is 2.32. The Labute approximate surface area is 107 Å². The Hall–Kier alpha value is -1.14. The van der Waals surface area contributed by atoms with E-state index in [1.807, 2.05) is 14.1 Å². The Morgan fingerprint density at radius 3 is 2.39 bits per heavy atom. The van der Waals surface area contributed by atoms with Gasteiger partial charge in [0.1, 0.15) is 13.2 Å². The molecule has 0 aromatic heterocycles. The average molecular weight is 258 g/mol. The molecular weight excluding hydrogens is 236 g/mol. The number of nitrogens with one attached hydrogen (secondary N) is 1. The van der Waals surface area contributed by atoms with Gasteiger partial charge >= 0.3 is 5.97 Å². The normalized spacial score (nSPS) is 17.9. The molecule has 1 saturated carbocycles. The summed E-state index contributed by atoms with van der Waals surface area (Å²) in [7, 11) is 4.05. The van der Waals surface area contributed by atoms with Crippen molar-refractivity contribution in [3.63, 3.8) is 0 Å². The lowest BCUT2D eigenvalue weighted by Crippen LogP contribution is -2.51. The van der Waals surface area contributed by atoms with Crippen LogP contribution in [0.25, 0.3) is 0 Å². The molecule has 0 aromatic rings. The number of hydrogen-bond donors (Lipinski definition) is 2. The minimum absolute atomic E-state index is 0.0441. The van der Waals surface area contributed by atoms with E-state index in [4.69, 9.17) is 9.84 Å². The summed E-state index contributed by atoms with van der Waals surface area (Å²) in [5, 5.41) is 11.2. The van der Waals surface area contributed by atoms with Gasteiger partial charge in [-0.15, -0.1) is 0 Å². The fourth-order valence-electron chi connectivity index (χ4n) is 2.36. The molecule has 0 atom stereocenters. The monoisotopic (exact) mass is 258 g/mol. The second kappa shape index (κ2) is 6.70. The number of carboxylic acids is 1. The van der Waals surface area contributed by atoms with Crippen molar-refractivity contribution in [1.29, 1.82) is 0 Å². The SMILES string of the molecule is CN(C)C1(CNC(=O)COCC(=O)O)CCCC1. The van der Waals surface area contributed by atoms with Crippen LogP contribution in [0.4, 0.5) is 0 Å². The lowest BCUT2D eigenvalue weighted by molar-refractivity contribution is -0.143. The van der Waals surface area contributed by atoms with Gasteiger partial charge in [-0.2, -0.15) is 0 Å². The largest absolute Gasteiger partial charge is 0.480 e. The zero-order chi connectivity index (χ0) is 13.6. The van der Waals surface area contributed by atoms with Crippen molar-refractivity contribution >= 4 is 11.9 Å². The maximum absolute atomic E-state index is 11.5. The fourth-order valence-corrected chi connectivity index (χ4v) is 2.36. The van der Waals surface area contributed by atoms with E-state index in [-0.39, 0.29) is 18.1 Å². The number of hydrogen-bond acceptors (Lipinski definition) is 4. The van der Waals surface area contributed by atoms with E-state index < -0.39 is 12.6 Å². The van der Waals surface area contributed by atoms with Crippen LogP contribution in [-0.4, -0.2) is 61.3 Å². The van der Waals surface area contributed by atoms with Gasteiger partial charge in [0, 0.05) is 12.1 Å². The second-order valence-corrected chi connectivity index (χ2v) is 4.99. The minimum atomic E-state index is -1.07. The number of carbonyl (C=O) groups is 2. The molecule has 0 aromatic carbocycles. The van der Waals surface area contributed by atoms with Crippen molar-refractivity contribution in [2.45, 2.75) is 31.2 Å². The molecule has 18 heavy (non-hydrogen) atoms. The molecule has 1 rings (SSSR count). The summed E-state index contributed by atoms with van der Waals surface area (Å²) in [5.74, 6) is -1.33. The van der Waals surface area contributed by atoms with Crippen molar-refractivity contribution < 1.29 is 19.4 Å². The van der Waals surface area contributed by atoms with Gasteiger partial charge in [0.2, 0.25) is 5.91 Å². The molecule has 6 nitrogen and oxygen atoms in total. The first-order chi connectivity index (χ1) is 8.46. The van der Waals surface area contributed by atoms with Crippen molar-refractivity contribution in [3.8, 4) is 0 Å². The molecule has 0 aliphatic heterocycles. The van der Waals surface area contributed by atoms with Crippen molar-refractivity contribution in [3.05, 3.63) is 0 Å². The standard InChI is InChI=1S/C12H22N2O4/c1-14(2)12(5-3-4-6-12)9-13-10(15)7-18-8-11(16)17/h3-9H2,1-2H3,(H,13,15)(H,16,17). The Morgan fingerprint density at radius 2 is 1.89 bits per heavy atom. The van der Waals surface area contributed by atoms with Gasteiger partial charge in [0.15, 0.2) is 0 Å². The maximum Gasteiger partial charge on any atom is 0.329 e. The quantitative estimate of drug-likeness (QED) is 0.676. The number of ether oxygens (including phenoxy) is 1. The number of aliphatic carboxylic acids is 1. The number of amides is 1. The number of carbonyl (C=O) groups excluding carboxylic acids is 1. The smallest absolute Gasteiger partial charge is 0.329 e. The third-order valence-electron chi connectivity index (χ3n) is 3.56. The summed E-state index contributed by atoms with van der Waals surface area (Å²) in [6.07, 6.45) is 4.53. The Morgan fingerprint density at radius 1 is 1.28 bits per heavy atom. The summed E-state index contributed by atoms with van der Waals surface area (Å²) in [5.41, 5.74) is 0.0441. The highest BCUT2D eigenvalue weighted by molar-refractivity contribution is 5.77. The van der Waals surface area contributed by atoms with E-state index in [1.54, 1.807) is 0 Å². The zero-order valence-corrected chi connectivity index (χ0v) is 11.1. The van der Waals surface area contributed by atoms with E-state index in [2.05, 4.69) is 10.2 Å². The Balaban J connectivity index is 2.30. The van der Waals surface area contributed by atoms with Crippen LogP contribution in [0.5, 0.6) is 0 Å². The molecular formula is C12H22N2O4. The first-order valence-corrected chi connectivity index (χ1v) is 6.20. The predicted octanol–water partition coefficient (Wildman–Crippen LogP) is 0.0782. The van der Waals surface area contributed by atoms with Crippen LogP contribution in [0, 0.1) is 0 Å². The van der Waals surface area contributed by atoms with E-state index >= 15 is 0 Å². The first-order valence-electron chi connectivity index (χ1n) is 6.20. The first kappa shape index (κ1) is 14.9. The molecule has 0 saturated heterocycles. The Kier molecular flexibility index (Phi) is 5.55. The second-order valence-electron chi connectivity index (χ2n) is 4.99. The van der Waals surface area contributed by atoms with Crippen LogP contribution in [0.3, 0.4) is 0 Å². The van der Waals surface area contributed by atoms with Crippen LogP contribution >= 0.6 is 0 Å². The van der Waals surface area contributed by atoms with Crippen LogP contribution in [0.2, 0.25) is 0 Å². The van der Waals surface area contributed by atoms with Crippen molar-refractivity contribution in [2.24, 2.45) is 0 Å². The summed E-state index contributed by atoms with van der Waals surface area (Å²) >= 11 is 0. The molecule has 1 fully saturated rings. The lowest BCUT2D eigenvalue weighted by Gasteiger charge is -2.36. The molecule has 0 heterocycles. The highest BCUT2D eigenvalue weighted by atomic mass is 16.5. The molecule has 2 N–H and O–H groups in total. The van der Waals surface area contributed by atoms with E-state index in [9.17, 15) is 9.59 Å². The summed E-state index contributed by atoms with van der Waals surface area (Å²) < 4.78 is 4.74. The van der Waals surface area contributed by atoms with Gasteiger partial charge in [0.25, 0.3) is 0 Å². The van der Waals surface area contributed by atoms with Gasteiger partial charge in [-0.3, -0.25) is 4.79 Å². The summed E-state index contributed by atoms with van der Waals surface area (Å²) in [4.78, 5) is 23.9. The van der Waals surface area contributed by atoms with Gasteiger partial charge in [0.05, 0.1) is 0 Å². The molecule has 6 heteroatoms. The molecule has 1 aliphatic carbocycles. The van der Waals surface area contributed by atoms with Crippen LogP contribution in [0.1, 0.15) is 25.7 Å². The van der Waals surface area contributed by atoms with Crippen LogP contribution in [0.15, 0.2) is 0 Å². The topological polar surface area (TPSA) is 78.9 Å². The summed E-state index contributed by atoms with van der Waals surface area (Å²) in [6, 6.07) is 0. The number of carboxylic acid groups (broad SMARTS) is 1. The van der Waals surface area contributed by atoms with E-state index in [0.717, 1.165) is 12.8 Å². The third-order valence-corrected chi connectivity index (χ3v) is 3.56. The van der Waals surface area contributed by atoms with Gasteiger partial charge in [-0.05, 0) is 26.9 Å². The number of rotatable bonds is 7. The van der Waals surface area contributed by atoms with Crippen molar-refractivity contribution in [2.75, 3.05) is 33.9 Å². The number of likely N-dealkylation sites (N-methyl/N-ethyl adjacent to an activating group) is 1. The van der Waals surface area contributed by atoms with E-state index in [1.165, 1.54) is 12.8 Å². The molecule has 1 aliphatic rings. The molecule has 0 radical (unpaired) electrons. The van der Waals surface area contributed by atoms with Gasteiger partial charge in [-0.25, -0.2) is 4.79 Å². The highest BCUT2D eigenvalue weighted by Gasteiger charge is 2.35. The molecule has 0 bridgehead atoms. The number of nitrogens with zero attached hydrogens (tertiary/aromatic N) is 1. The molecule has 104 valence electrons. The molecule has 0 unspecified atom stereocenters. The van der Waals surface area contributed by atoms with Crippen molar-refractivity contribution in [1.82, 2.24) is 10.2 Å². The zero-order valence-electron chi connectivity index (χ0n) is 11.1. The molecule has 0 spiro atoms. The predicted molar refractivity (Wildman–Crippen MR) is 66.4 cm³/mol. The van der Waals surface area contributed by atoms with Crippen LogP contribution in [-0.2, 0) is 14.3 Å². The Bertz CT molecular complexity index is 298. The van der Waals surface area contributed by atoms with E-state index in [0.29, 0.717) is 6.54 Å². The summed E-state index contributed by atoms with van der Waals surface area (Å²) in [6.45, 7) is -0.0443. The van der Waals surface area contributed by atoms with Gasteiger partial charge < -0.3 is 20.1 Å². The molecule has 1 amide bonds. The van der Waals surface area contributed by atoms with Gasteiger partial charge in [-0.1, -0.05) is 12.8 Å². The lowest BCUT2D eigenvalue weighted by atomic mass is 9.96.